The van der Waals surface area contributed by atoms with Gasteiger partial charge in [0.05, 0.1) is 26.1 Å². The predicted molar refractivity (Wildman–Crippen MR) is 106 cm³/mol. The van der Waals surface area contributed by atoms with Gasteiger partial charge in [-0.1, -0.05) is 29.5 Å². The van der Waals surface area contributed by atoms with Gasteiger partial charge in [0.1, 0.15) is 5.75 Å². The van der Waals surface area contributed by atoms with Crippen LogP contribution in [-0.4, -0.2) is 15.5 Å². The molecule has 0 aliphatic carbocycles. The van der Waals surface area contributed by atoms with Crippen molar-refractivity contribution in [1.82, 2.24) is 9.38 Å². The maximum atomic E-state index is 12.8. The van der Waals surface area contributed by atoms with Gasteiger partial charge in [-0.25, -0.2) is 9.38 Å². The first-order chi connectivity index (χ1) is 12.0. The number of thiazole rings is 1. The monoisotopic (exact) mass is 414 g/mol. The highest BCUT2D eigenvalue weighted by Crippen LogP contribution is 2.27. The van der Waals surface area contributed by atoms with Crippen LogP contribution in [0.1, 0.15) is 19.4 Å². The van der Waals surface area contributed by atoms with E-state index in [2.05, 4.69) is 20.9 Å². The van der Waals surface area contributed by atoms with Crippen LogP contribution in [0, 0.1) is 0 Å². The van der Waals surface area contributed by atoms with E-state index in [1.807, 2.05) is 62.4 Å². The normalized spacial score (nSPS) is 12.6. The third-order valence-corrected chi connectivity index (χ3v) is 5.35. The van der Waals surface area contributed by atoms with E-state index in [1.165, 1.54) is 11.3 Å². The van der Waals surface area contributed by atoms with Gasteiger partial charge in [-0.3, -0.25) is 4.79 Å². The molecule has 0 saturated carbocycles. The summed E-state index contributed by atoms with van der Waals surface area (Å²) in [4.78, 5) is 18.0. The molecule has 4 nitrogen and oxygen atoms in total. The topological polar surface area (TPSA) is 43.6 Å². The average Bonchev–Trinajstić information content (AvgIpc) is 3.07. The van der Waals surface area contributed by atoms with E-state index in [0.717, 1.165) is 31.8 Å². The van der Waals surface area contributed by atoms with E-state index in [1.54, 1.807) is 4.40 Å². The van der Waals surface area contributed by atoms with E-state index < -0.39 is 0 Å². The number of aromatic nitrogens is 2. The van der Waals surface area contributed by atoms with Crippen molar-refractivity contribution in [2.75, 3.05) is 0 Å². The molecule has 0 radical (unpaired) electrons. The number of imidazole rings is 1. The highest BCUT2D eigenvalue weighted by Gasteiger charge is 2.11. The molecule has 4 rings (SSSR count). The number of hydrogen-bond acceptors (Lipinski definition) is 4. The molecule has 2 aromatic carbocycles. The van der Waals surface area contributed by atoms with Gasteiger partial charge in [-0.2, -0.15) is 0 Å². The quantitative estimate of drug-likeness (QED) is 0.508. The van der Waals surface area contributed by atoms with Crippen molar-refractivity contribution in [2.24, 2.45) is 0 Å². The molecule has 4 aromatic rings. The van der Waals surface area contributed by atoms with Crippen molar-refractivity contribution < 1.29 is 4.74 Å². The fourth-order valence-electron chi connectivity index (χ4n) is 2.72. The second-order valence-corrected chi connectivity index (χ2v) is 7.85. The minimum atomic E-state index is -0.0349. The molecule has 0 spiro atoms. The van der Waals surface area contributed by atoms with Crippen LogP contribution < -0.4 is 14.8 Å². The smallest absolute Gasteiger partial charge is 0.274 e. The standard InChI is InChI=1S/C19H15BrN2O2S/c1-11(2)24-16-8-7-12(9-13(16)20)10-17-18(23)22-15-6-4-3-5-14(15)21-19(22)25-17/h3-11H,1-2H3. The lowest BCUT2D eigenvalue weighted by atomic mass is 10.2. The summed E-state index contributed by atoms with van der Waals surface area (Å²) in [6.45, 7) is 3.98. The molecule has 2 heterocycles. The Labute approximate surface area is 156 Å². The molecule has 0 unspecified atom stereocenters. The minimum absolute atomic E-state index is 0.0349. The lowest BCUT2D eigenvalue weighted by Gasteiger charge is -2.11. The second kappa shape index (κ2) is 6.28. The first-order valence-corrected chi connectivity index (χ1v) is 9.52. The molecule has 0 aliphatic rings. The Hall–Kier alpha value is -2.18. The minimum Gasteiger partial charge on any atom is -0.490 e. The van der Waals surface area contributed by atoms with Crippen LogP contribution in [0.3, 0.4) is 0 Å². The van der Waals surface area contributed by atoms with E-state index in [-0.39, 0.29) is 11.7 Å². The number of rotatable bonds is 3. The number of nitrogens with zero attached hydrogens (tertiary/aromatic N) is 2. The third-order valence-electron chi connectivity index (χ3n) is 3.76. The molecule has 0 N–H and O–H groups in total. The number of halogens is 1. The Kier molecular flexibility index (Phi) is 4.09. The SMILES string of the molecule is CC(C)Oc1ccc(C=c2sc3nc4ccccc4n3c2=O)cc1Br. The van der Waals surface area contributed by atoms with E-state index in [4.69, 9.17) is 4.74 Å². The first-order valence-electron chi connectivity index (χ1n) is 7.91. The number of ether oxygens (including phenoxy) is 1. The van der Waals surface area contributed by atoms with Crippen LogP contribution in [0.15, 0.2) is 51.7 Å². The number of hydrogen-bond donors (Lipinski definition) is 0. The number of para-hydroxylation sites is 2. The second-order valence-electron chi connectivity index (χ2n) is 5.99. The highest BCUT2D eigenvalue weighted by atomic mass is 79.9. The van der Waals surface area contributed by atoms with Crippen LogP contribution in [0.25, 0.3) is 22.1 Å². The molecule has 6 heteroatoms. The van der Waals surface area contributed by atoms with Crippen LogP contribution in [-0.2, 0) is 0 Å². The lowest BCUT2D eigenvalue weighted by Crippen LogP contribution is -2.22. The predicted octanol–water partition coefficient (Wildman–Crippen LogP) is 4.01. The Balaban J connectivity index is 1.83. The summed E-state index contributed by atoms with van der Waals surface area (Å²) in [6.07, 6.45) is 2.00. The van der Waals surface area contributed by atoms with Crippen molar-refractivity contribution in [2.45, 2.75) is 20.0 Å². The van der Waals surface area contributed by atoms with Gasteiger partial charge in [0.25, 0.3) is 5.56 Å². The summed E-state index contributed by atoms with van der Waals surface area (Å²) in [6, 6.07) is 13.5. The fraction of sp³-hybridized carbons (Fsp3) is 0.158. The zero-order valence-corrected chi connectivity index (χ0v) is 16.1. The maximum absolute atomic E-state index is 12.8. The first kappa shape index (κ1) is 16.3. The molecule has 0 saturated heterocycles. The molecular weight excluding hydrogens is 400 g/mol. The number of fused-ring (bicyclic) bond motifs is 3. The van der Waals surface area contributed by atoms with Gasteiger partial charge >= 0.3 is 0 Å². The average molecular weight is 415 g/mol. The molecule has 2 aromatic heterocycles. The molecule has 25 heavy (non-hydrogen) atoms. The largest absolute Gasteiger partial charge is 0.490 e. The molecule has 0 amide bonds. The maximum Gasteiger partial charge on any atom is 0.274 e. The Morgan fingerprint density at radius 2 is 2.04 bits per heavy atom. The highest BCUT2D eigenvalue weighted by molar-refractivity contribution is 9.10. The van der Waals surface area contributed by atoms with Crippen LogP contribution in [0.4, 0.5) is 0 Å². The van der Waals surface area contributed by atoms with Crippen LogP contribution in [0.2, 0.25) is 0 Å². The lowest BCUT2D eigenvalue weighted by molar-refractivity contribution is 0.241. The van der Waals surface area contributed by atoms with Crippen molar-refractivity contribution in [3.8, 4) is 5.75 Å². The molecular formula is C19H15BrN2O2S. The molecule has 0 aliphatic heterocycles. The van der Waals surface area contributed by atoms with E-state index in [0.29, 0.717) is 4.53 Å². The zero-order chi connectivity index (χ0) is 17.6. The summed E-state index contributed by atoms with van der Waals surface area (Å²) in [5.41, 5.74) is 2.59. The fourth-order valence-corrected chi connectivity index (χ4v) is 4.20. The zero-order valence-electron chi connectivity index (χ0n) is 13.7. The van der Waals surface area contributed by atoms with Crippen molar-refractivity contribution in [3.63, 3.8) is 0 Å². The van der Waals surface area contributed by atoms with Gasteiger partial charge in [0, 0.05) is 0 Å². The molecule has 0 atom stereocenters. The summed E-state index contributed by atoms with van der Waals surface area (Å²) in [5, 5.41) is 0. The van der Waals surface area contributed by atoms with Crippen LogP contribution in [0.5, 0.6) is 5.75 Å². The summed E-state index contributed by atoms with van der Waals surface area (Å²) >= 11 is 4.93. The molecule has 0 bridgehead atoms. The van der Waals surface area contributed by atoms with Crippen LogP contribution >= 0.6 is 27.3 Å². The Morgan fingerprint density at radius 1 is 1.24 bits per heavy atom. The molecule has 126 valence electrons. The summed E-state index contributed by atoms with van der Waals surface area (Å²) in [5.74, 6) is 0.793. The van der Waals surface area contributed by atoms with Crippen molar-refractivity contribution in [3.05, 3.63) is 67.4 Å². The Morgan fingerprint density at radius 3 is 2.80 bits per heavy atom. The van der Waals surface area contributed by atoms with Crippen molar-refractivity contribution in [1.29, 1.82) is 0 Å². The Bertz CT molecular complexity index is 1190. The summed E-state index contributed by atoms with van der Waals surface area (Å²) < 4.78 is 8.94. The van der Waals surface area contributed by atoms with Gasteiger partial charge in [0.15, 0.2) is 4.96 Å². The van der Waals surface area contributed by atoms with Gasteiger partial charge < -0.3 is 4.74 Å². The molecule has 0 fully saturated rings. The number of benzene rings is 2. The van der Waals surface area contributed by atoms with Gasteiger partial charge in [-0.15, -0.1) is 0 Å². The van der Waals surface area contributed by atoms with Crippen molar-refractivity contribution >= 4 is 49.3 Å². The van der Waals surface area contributed by atoms with E-state index >= 15 is 0 Å². The third kappa shape index (κ3) is 2.96. The van der Waals surface area contributed by atoms with Gasteiger partial charge in [0.2, 0.25) is 0 Å². The van der Waals surface area contributed by atoms with Gasteiger partial charge in [-0.05, 0) is 65.7 Å². The van der Waals surface area contributed by atoms with E-state index in [9.17, 15) is 4.79 Å². The summed E-state index contributed by atoms with van der Waals surface area (Å²) in [7, 11) is 0.